The SMILES string of the molecule is C/C=C\C=N.CC.Cc1c(NC(=O)c2ccc(C3=CCNCC3)c(F)c2)ccc(C2=CCNCC2)c1Cl. The van der Waals surface area contributed by atoms with Crippen molar-refractivity contribution in [3.8, 4) is 0 Å². The van der Waals surface area contributed by atoms with Gasteiger partial charge in [0.1, 0.15) is 5.82 Å². The Kier molecular flexibility index (Phi) is 13.0. The summed E-state index contributed by atoms with van der Waals surface area (Å²) in [5.74, 6) is -0.730. The third-order valence-corrected chi connectivity index (χ3v) is 6.46. The number of hydrogen-bond donors (Lipinski definition) is 4. The van der Waals surface area contributed by atoms with Crippen LogP contribution in [0.2, 0.25) is 5.02 Å². The van der Waals surface area contributed by atoms with Crippen molar-refractivity contribution < 1.29 is 9.18 Å². The number of allylic oxidation sites excluding steroid dienone is 2. The number of nitrogens with one attached hydrogen (secondary N) is 4. The van der Waals surface area contributed by atoms with Crippen LogP contribution in [0.25, 0.3) is 11.1 Å². The summed E-state index contributed by atoms with van der Waals surface area (Å²) in [4.78, 5) is 12.7. The molecule has 4 rings (SSSR count). The Labute approximate surface area is 225 Å². The Balaban J connectivity index is 0.000000617. The molecule has 7 heteroatoms. The van der Waals surface area contributed by atoms with Gasteiger partial charge < -0.3 is 21.4 Å². The molecule has 2 aliphatic rings. The molecule has 0 atom stereocenters. The van der Waals surface area contributed by atoms with Crippen LogP contribution in [0.1, 0.15) is 60.7 Å². The lowest BCUT2D eigenvalue weighted by molar-refractivity contribution is 0.102. The number of anilines is 1. The van der Waals surface area contributed by atoms with E-state index in [2.05, 4.69) is 22.0 Å². The number of rotatable bonds is 5. The predicted molar refractivity (Wildman–Crippen MR) is 156 cm³/mol. The summed E-state index contributed by atoms with van der Waals surface area (Å²) in [6, 6.07) is 8.46. The van der Waals surface area contributed by atoms with E-state index in [1.165, 1.54) is 17.9 Å². The van der Waals surface area contributed by atoms with E-state index in [9.17, 15) is 9.18 Å². The lowest BCUT2D eigenvalue weighted by Gasteiger charge is -2.18. The average molecular weight is 525 g/mol. The zero-order valence-corrected chi connectivity index (χ0v) is 22.9. The Hall–Kier alpha value is -3.06. The number of halogens is 2. The Morgan fingerprint density at radius 2 is 1.62 bits per heavy atom. The second kappa shape index (κ2) is 15.9. The van der Waals surface area contributed by atoms with Crippen molar-refractivity contribution in [1.29, 1.82) is 5.41 Å². The van der Waals surface area contributed by atoms with Crippen LogP contribution < -0.4 is 16.0 Å². The van der Waals surface area contributed by atoms with Gasteiger partial charge in [-0.2, -0.15) is 0 Å². The third kappa shape index (κ3) is 8.49. The van der Waals surface area contributed by atoms with E-state index in [-0.39, 0.29) is 17.3 Å². The fourth-order valence-electron chi connectivity index (χ4n) is 4.01. The molecule has 0 radical (unpaired) electrons. The highest BCUT2D eigenvalue weighted by Crippen LogP contribution is 2.34. The molecule has 0 spiro atoms. The number of benzene rings is 2. The molecule has 198 valence electrons. The minimum atomic E-state index is -0.376. The summed E-state index contributed by atoms with van der Waals surface area (Å²) in [6.45, 7) is 11.1. The largest absolute Gasteiger partial charge is 0.322 e. The first kappa shape index (κ1) is 30.2. The summed E-state index contributed by atoms with van der Waals surface area (Å²) in [6.07, 6.45) is 10.6. The van der Waals surface area contributed by atoms with Crippen LogP contribution >= 0.6 is 11.6 Å². The molecule has 0 unspecified atom stereocenters. The second-order valence-electron chi connectivity index (χ2n) is 8.31. The topological polar surface area (TPSA) is 77.0 Å². The van der Waals surface area contributed by atoms with Gasteiger partial charge in [-0.15, -0.1) is 0 Å². The molecule has 0 aliphatic carbocycles. The predicted octanol–water partition coefficient (Wildman–Crippen LogP) is 7.03. The van der Waals surface area contributed by atoms with Gasteiger partial charge in [0, 0.05) is 36.1 Å². The molecule has 0 bridgehead atoms. The number of carbonyl (C=O) groups excluding carboxylic acids is 1. The van der Waals surface area contributed by atoms with E-state index >= 15 is 0 Å². The van der Waals surface area contributed by atoms with Gasteiger partial charge in [-0.05, 0) is 86.3 Å². The zero-order chi connectivity index (χ0) is 27.2. The van der Waals surface area contributed by atoms with Gasteiger partial charge >= 0.3 is 0 Å². The summed E-state index contributed by atoms with van der Waals surface area (Å²) in [5, 5.41) is 16.4. The smallest absolute Gasteiger partial charge is 0.255 e. The molecular formula is C30H38ClFN4O. The lowest BCUT2D eigenvalue weighted by atomic mass is 9.97. The molecule has 37 heavy (non-hydrogen) atoms. The number of carbonyl (C=O) groups is 1. The van der Waals surface area contributed by atoms with Crippen molar-refractivity contribution in [3.63, 3.8) is 0 Å². The molecule has 0 fully saturated rings. The molecule has 0 saturated carbocycles. The minimum absolute atomic E-state index is 0.284. The summed E-state index contributed by atoms with van der Waals surface area (Å²) >= 11 is 6.61. The van der Waals surface area contributed by atoms with Gasteiger partial charge in [0.25, 0.3) is 5.91 Å². The standard InChI is InChI=1S/C24H25ClFN3O.C4H7N.C2H6/c1-15-22(5-4-20(23(15)25)17-8-12-28-13-9-17)29-24(30)18-2-3-19(21(26)14-18)16-6-10-27-11-7-16;1-2-3-4-5;1-2/h2-6,8,14,27-28H,7,9-13H2,1H3,(H,29,30);2-5H,1H3;1-2H3/b;3-2-,5-4?;. The first-order valence-corrected chi connectivity index (χ1v) is 13.2. The minimum Gasteiger partial charge on any atom is -0.322 e. The average Bonchev–Trinajstić information content (AvgIpc) is 2.94. The highest BCUT2D eigenvalue weighted by Gasteiger charge is 2.17. The van der Waals surface area contributed by atoms with Gasteiger partial charge in [-0.25, -0.2) is 4.39 Å². The van der Waals surface area contributed by atoms with Gasteiger partial charge in [0.15, 0.2) is 0 Å². The Morgan fingerprint density at radius 1 is 1.03 bits per heavy atom. The third-order valence-electron chi connectivity index (χ3n) is 5.97. The first-order valence-electron chi connectivity index (χ1n) is 12.8. The van der Waals surface area contributed by atoms with Gasteiger partial charge in [0.2, 0.25) is 0 Å². The lowest BCUT2D eigenvalue weighted by Crippen LogP contribution is -2.20. The van der Waals surface area contributed by atoms with Gasteiger partial charge in [-0.3, -0.25) is 4.79 Å². The molecular weight excluding hydrogens is 487 g/mol. The maximum Gasteiger partial charge on any atom is 0.255 e. The van der Waals surface area contributed by atoms with Crippen LogP contribution in [0, 0.1) is 18.2 Å². The van der Waals surface area contributed by atoms with Crippen LogP contribution in [0.3, 0.4) is 0 Å². The highest BCUT2D eigenvalue weighted by atomic mass is 35.5. The van der Waals surface area contributed by atoms with Crippen molar-refractivity contribution in [2.45, 2.75) is 40.5 Å². The van der Waals surface area contributed by atoms with Crippen LogP contribution in [0.4, 0.5) is 10.1 Å². The summed E-state index contributed by atoms with van der Waals surface area (Å²) in [7, 11) is 0. The van der Waals surface area contributed by atoms with E-state index in [1.54, 1.807) is 18.2 Å². The molecule has 2 aromatic rings. The maximum absolute atomic E-state index is 14.7. The fraction of sp³-hybridized carbons (Fsp3) is 0.333. The van der Waals surface area contributed by atoms with Crippen molar-refractivity contribution in [2.75, 3.05) is 31.5 Å². The molecule has 2 aliphatic heterocycles. The zero-order valence-electron chi connectivity index (χ0n) is 22.2. The highest BCUT2D eigenvalue weighted by molar-refractivity contribution is 6.33. The van der Waals surface area contributed by atoms with Crippen molar-refractivity contribution in [3.05, 3.63) is 87.7 Å². The summed E-state index contributed by atoms with van der Waals surface area (Å²) < 4.78 is 14.7. The normalized spacial score (nSPS) is 14.9. The quantitative estimate of drug-likeness (QED) is 0.317. The maximum atomic E-state index is 14.7. The van der Waals surface area contributed by atoms with Crippen LogP contribution in [0.15, 0.2) is 54.6 Å². The summed E-state index contributed by atoms with van der Waals surface area (Å²) in [5.41, 5.74) is 5.47. The second-order valence-corrected chi connectivity index (χ2v) is 8.69. The number of hydrogen-bond acceptors (Lipinski definition) is 4. The van der Waals surface area contributed by atoms with E-state index in [1.807, 2.05) is 52.0 Å². The van der Waals surface area contributed by atoms with E-state index in [4.69, 9.17) is 17.0 Å². The first-order chi connectivity index (χ1) is 18.0. The van der Waals surface area contributed by atoms with E-state index in [0.29, 0.717) is 16.3 Å². The molecule has 2 heterocycles. The van der Waals surface area contributed by atoms with E-state index < -0.39 is 0 Å². The Bertz CT molecular complexity index is 1170. The molecule has 5 nitrogen and oxygen atoms in total. The van der Waals surface area contributed by atoms with E-state index in [0.717, 1.165) is 55.7 Å². The van der Waals surface area contributed by atoms with Crippen LogP contribution in [-0.2, 0) is 0 Å². The molecule has 2 aromatic carbocycles. The molecule has 0 aromatic heterocycles. The molecule has 4 N–H and O–H groups in total. The monoisotopic (exact) mass is 524 g/mol. The fourth-order valence-corrected chi connectivity index (χ4v) is 4.30. The van der Waals surface area contributed by atoms with Crippen molar-refractivity contribution in [1.82, 2.24) is 10.6 Å². The Morgan fingerprint density at radius 3 is 2.11 bits per heavy atom. The molecule has 1 amide bonds. The molecule has 0 saturated heterocycles. The van der Waals surface area contributed by atoms with Crippen LogP contribution in [-0.4, -0.2) is 38.3 Å². The van der Waals surface area contributed by atoms with Gasteiger partial charge in [-0.1, -0.05) is 55.8 Å². The van der Waals surface area contributed by atoms with Crippen molar-refractivity contribution in [2.24, 2.45) is 0 Å². The van der Waals surface area contributed by atoms with Crippen LogP contribution in [0.5, 0.6) is 0 Å². The van der Waals surface area contributed by atoms with Crippen molar-refractivity contribution >= 4 is 40.6 Å². The number of amides is 1. The van der Waals surface area contributed by atoms with Gasteiger partial charge in [0.05, 0.1) is 5.02 Å².